The number of hydrogen-bond donors (Lipinski definition) is 1. The SMILES string of the molecule is CCC(CCBr)NCCC(C)C. The molecule has 2 heteroatoms. The van der Waals surface area contributed by atoms with Gasteiger partial charge in [0, 0.05) is 11.4 Å². The van der Waals surface area contributed by atoms with Crippen molar-refractivity contribution in [3.63, 3.8) is 0 Å². The molecule has 0 aliphatic carbocycles. The van der Waals surface area contributed by atoms with Crippen LogP contribution >= 0.6 is 15.9 Å². The van der Waals surface area contributed by atoms with Crippen LogP contribution in [-0.2, 0) is 0 Å². The second-order valence-corrected chi connectivity index (χ2v) is 4.51. The first-order valence-electron chi connectivity index (χ1n) is 5.00. The molecule has 74 valence electrons. The van der Waals surface area contributed by atoms with Gasteiger partial charge in [0.05, 0.1) is 0 Å². The Morgan fingerprint density at radius 1 is 1.25 bits per heavy atom. The topological polar surface area (TPSA) is 12.0 Å². The molecule has 0 saturated heterocycles. The Kier molecular flexibility index (Phi) is 8.35. The van der Waals surface area contributed by atoms with E-state index in [2.05, 4.69) is 42.0 Å². The Morgan fingerprint density at radius 3 is 2.33 bits per heavy atom. The number of nitrogens with one attached hydrogen (secondary N) is 1. The van der Waals surface area contributed by atoms with Crippen molar-refractivity contribution < 1.29 is 0 Å². The summed E-state index contributed by atoms with van der Waals surface area (Å²) in [5.41, 5.74) is 0. The zero-order valence-corrected chi connectivity index (χ0v) is 10.2. The molecule has 0 amide bonds. The van der Waals surface area contributed by atoms with Crippen molar-refractivity contribution in [1.82, 2.24) is 5.32 Å². The lowest BCUT2D eigenvalue weighted by atomic mass is 10.1. The highest BCUT2D eigenvalue weighted by molar-refractivity contribution is 9.09. The number of rotatable bonds is 7. The Balaban J connectivity index is 3.31. The molecule has 0 saturated carbocycles. The smallest absolute Gasteiger partial charge is 0.00723 e. The average Bonchev–Trinajstić information content (AvgIpc) is 2.02. The lowest BCUT2D eigenvalue weighted by molar-refractivity contribution is 0.452. The van der Waals surface area contributed by atoms with E-state index < -0.39 is 0 Å². The second kappa shape index (κ2) is 8.06. The van der Waals surface area contributed by atoms with Gasteiger partial charge in [0.15, 0.2) is 0 Å². The van der Waals surface area contributed by atoms with E-state index in [0.29, 0.717) is 6.04 Å². The van der Waals surface area contributed by atoms with Crippen LogP contribution in [0.25, 0.3) is 0 Å². The summed E-state index contributed by atoms with van der Waals surface area (Å²) in [5.74, 6) is 0.818. The first-order valence-corrected chi connectivity index (χ1v) is 6.12. The van der Waals surface area contributed by atoms with Crippen molar-refractivity contribution in [3.05, 3.63) is 0 Å². The van der Waals surface area contributed by atoms with E-state index >= 15 is 0 Å². The fourth-order valence-electron chi connectivity index (χ4n) is 1.16. The van der Waals surface area contributed by atoms with Crippen molar-refractivity contribution in [2.24, 2.45) is 5.92 Å². The molecule has 0 bridgehead atoms. The molecule has 0 spiro atoms. The van der Waals surface area contributed by atoms with E-state index in [1.54, 1.807) is 0 Å². The van der Waals surface area contributed by atoms with Crippen LogP contribution in [0, 0.1) is 5.92 Å². The van der Waals surface area contributed by atoms with Gasteiger partial charge in [-0.3, -0.25) is 0 Å². The van der Waals surface area contributed by atoms with Gasteiger partial charge in [-0.25, -0.2) is 0 Å². The maximum absolute atomic E-state index is 3.57. The molecule has 0 aromatic heterocycles. The summed E-state index contributed by atoms with van der Waals surface area (Å²) >= 11 is 3.47. The standard InChI is InChI=1S/C10H22BrN/c1-4-10(5-7-11)12-8-6-9(2)3/h9-10,12H,4-8H2,1-3H3. The molecule has 0 aliphatic heterocycles. The molecule has 0 rings (SSSR count). The highest BCUT2D eigenvalue weighted by atomic mass is 79.9. The van der Waals surface area contributed by atoms with Gasteiger partial charge < -0.3 is 5.32 Å². The van der Waals surface area contributed by atoms with Crippen LogP contribution < -0.4 is 5.32 Å². The fraction of sp³-hybridized carbons (Fsp3) is 1.00. The molecule has 1 unspecified atom stereocenters. The first kappa shape index (κ1) is 12.4. The normalized spacial score (nSPS) is 13.8. The molecule has 1 N–H and O–H groups in total. The summed E-state index contributed by atoms with van der Waals surface area (Å²) in [5, 5.41) is 4.68. The van der Waals surface area contributed by atoms with Crippen molar-refractivity contribution in [1.29, 1.82) is 0 Å². The fourth-order valence-corrected chi connectivity index (χ4v) is 1.71. The average molecular weight is 236 g/mol. The van der Waals surface area contributed by atoms with Gasteiger partial charge in [0.2, 0.25) is 0 Å². The third-order valence-electron chi connectivity index (χ3n) is 2.11. The zero-order chi connectivity index (χ0) is 9.40. The van der Waals surface area contributed by atoms with Crippen molar-refractivity contribution >= 4 is 15.9 Å². The van der Waals surface area contributed by atoms with Crippen molar-refractivity contribution in [2.45, 2.75) is 46.1 Å². The Labute approximate surface area is 85.4 Å². The molecule has 0 radical (unpaired) electrons. The quantitative estimate of drug-likeness (QED) is 0.669. The first-order chi connectivity index (χ1) is 5.70. The van der Waals surface area contributed by atoms with Crippen LogP contribution in [0.5, 0.6) is 0 Å². The van der Waals surface area contributed by atoms with Crippen LogP contribution in [0.3, 0.4) is 0 Å². The summed E-state index contributed by atoms with van der Waals surface area (Å²) in [6, 6.07) is 0.711. The van der Waals surface area contributed by atoms with E-state index in [9.17, 15) is 0 Å². The summed E-state index contributed by atoms with van der Waals surface area (Å²) in [6.45, 7) is 7.96. The number of hydrogen-bond acceptors (Lipinski definition) is 1. The maximum atomic E-state index is 3.57. The van der Waals surface area contributed by atoms with Gasteiger partial charge in [0.1, 0.15) is 0 Å². The van der Waals surface area contributed by atoms with Gasteiger partial charge >= 0.3 is 0 Å². The third-order valence-corrected chi connectivity index (χ3v) is 2.56. The van der Waals surface area contributed by atoms with E-state index in [1.807, 2.05) is 0 Å². The van der Waals surface area contributed by atoms with E-state index in [0.717, 1.165) is 11.2 Å². The number of halogens is 1. The van der Waals surface area contributed by atoms with Crippen LogP contribution in [0.1, 0.15) is 40.0 Å². The predicted molar refractivity (Wildman–Crippen MR) is 59.9 cm³/mol. The van der Waals surface area contributed by atoms with Crippen LogP contribution in [0.4, 0.5) is 0 Å². The van der Waals surface area contributed by atoms with Crippen molar-refractivity contribution in [3.8, 4) is 0 Å². The monoisotopic (exact) mass is 235 g/mol. The Hall–Kier alpha value is 0.440. The molecule has 12 heavy (non-hydrogen) atoms. The minimum atomic E-state index is 0.711. The Bertz CT molecular complexity index is 93.8. The minimum Gasteiger partial charge on any atom is -0.314 e. The molecule has 0 heterocycles. The van der Waals surface area contributed by atoms with Crippen LogP contribution in [0.15, 0.2) is 0 Å². The minimum absolute atomic E-state index is 0.711. The lowest BCUT2D eigenvalue weighted by Crippen LogP contribution is -2.30. The van der Waals surface area contributed by atoms with E-state index in [-0.39, 0.29) is 0 Å². The second-order valence-electron chi connectivity index (χ2n) is 3.72. The Morgan fingerprint density at radius 2 is 1.92 bits per heavy atom. The van der Waals surface area contributed by atoms with Gasteiger partial charge in [-0.2, -0.15) is 0 Å². The zero-order valence-electron chi connectivity index (χ0n) is 8.57. The molecular weight excluding hydrogens is 214 g/mol. The summed E-state index contributed by atoms with van der Waals surface area (Å²) in [7, 11) is 0. The van der Waals surface area contributed by atoms with Gasteiger partial charge in [-0.1, -0.05) is 36.7 Å². The molecule has 1 nitrogen and oxygen atoms in total. The molecule has 0 aromatic rings. The number of alkyl halides is 1. The summed E-state index contributed by atoms with van der Waals surface area (Å²) in [4.78, 5) is 0. The van der Waals surface area contributed by atoms with E-state index in [1.165, 1.54) is 25.8 Å². The third kappa shape index (κ3) is 7.11. The predicted octanol–water partition coefficient (Wildman–Crippen LogP) is 3.19. The van der Waals surface area contributed by atoms with Gasteiger partial charge in [0.25, 0.3) is 0 Å². The van der Waals surface area contributed by atoms with Gasteiger partial charge in [-0.15, -0.1) is 0 Å². The van der Waals surface area contributed by atoms with Crippen LogP contribution in [0.2, 0.25) is 0 Å². The largest absolute Gasteiger partial charge is 0.314 e. The van der Waals surface area contributed by atoms with E-state index in [4.69, 9.17) is 0 Å². The highest BCUT2D eigenvalue weighted by Crippen LogP contribution is 2.02. The summed E-state index contributed by atoms with van der Waals surface area (Å²) in [6.07, 6.45) is 3.77. The van der Waals surface area contributed by atoms with Crippen molar-refractivity contribution in [2.75, 3.05) is 11.9 Å². The lowest BCUT2D eigenvalue weighted by Gasteiger charge is -2.16. The molecule has 0 aromatic carbocycles. The maximum Gasteiger partial charge on any atom is 0.00723 e. The van der Waals surface area contributed by atoms with Crippen LogP contribution in [-0.4, -0.2) is 17.9 Å². The molecule has 0 aliphatic rings. The molecule has 0 fully saturated rings. The summed E-state index contributed by atoms with van der Waals surface area (Å²) < 4.78 is 0. The molecular formula is C10H22BrN. The highest BCUT2D eigenvalue weighted by Gasteiger charge is 2.03. The molecule has 1 atom stereocenters. The van der Waals surface area contributed by atoms with Gasteiger partial charge in [-0.05, 0) is 31.7 Å².